The molecule has 1 aromatic heterocycles. The van der Waals surface area contributed by atoms with E-state index in [0.717, 1.165) is 0 Å². The van der Waals surface area contributed by atoms with Gasteiger partial charge in [0.25, 0.3) is 0 Å². The van der Waals surface area contributed by atoms with Gasteiger partial charge in [0, 0.05) is 20.0 Å². The van der Waals surface area contributed by atoms with Gasteiger partial charge in [-0.2, -0.15) is 11.3 Å². The number of carbonyl (C=O) groups is 2. The molecule has 0 saturated carbocycles. The minimum Gasteiger partial charge on any atom is -0.467 e. The molecule has 0 fully saturated rings. The van der Waals surface area contributed by atoms with Gasteiger partial charge in [-0.25, -0.2) is 4.79 Å². The number of aryl methyl sites for hydroxylation is 1. The first kappa shape index (κ1) is 14.7. The standard InChI is InChI=1S/C12H18N2O3S/c1-8-6-18-7-10(8)4-13-5-11(12(16)17-3)14-9(2)15/h6-7,11,13H,4-5H2,1-3H3,(H,14,15). The number of rotatable bonds is 6. The number of ether oxygens (including phenoxy) is 1. The Morgan fingerprint density at radius 2 is 2.17 bits per heavy atom. The third kappa shape index (κ3) is 4.46. The average molecular weight is 270 g/mol. The van der Waals surface area contributed by atoms with Gasteiger partial charge in [0.15, 0.2) is 0 Å². The molecular formula is C12H18N2O3S. The van der Waals surface area contributed by atoms with Gasteiger partial charge in [0.05, 0.1) is 7.11 Å². The van der Waals surface area contributed by atoms with Crippen LogP contribution in [0.2, 0.25) is 0 Å². The molecule has 1 atom stereocenters. The number of amides is 1. The smallest absolute Gasteiger partial charge is 0.329 e. The van der Waals surface area contributed by atoms with Crippen molar-refractivity contribution in [1.29, 1.82) is 0 Å². The van der Waals surface area contributed by atoms with Gasteiger partial charge in [0.2, 0.25) is 5.91 Å². The zero-order valence-corrected chi connectivity index (χ0v) is 11.6. The van der Waals surface area contributed by atoms with Crippen LogP contribution in [0.4, 0.5) is 0 Å². The summed E-state index contributed by atoms with van der Waals surface area (Å²) in [5.41, 5.74) is 2.42. The number of hydrogen-bond donors (Lipinski definition) is 2. The first-order valence-corrected chi connectivity index (χ1v) is 6.56. The Labute approximate surface area is 111 Å². The molecule has 18 heavy (non-hydrogen) atoms. The van der Waals surface area contributed by atoms with Crippen LogP contribution in [-0.2, 0) is 20.9 Å². The lowest BCUT2D eigenvalue weighted by Crippen LogP contribution is -2.46. The monoisotopic (exact) mass is 270 g/mol. The Kier molecular flexibility index (Phi) is 5.80. The molecule has 5 nitrogen and oxygen atoms in total. The van der Waals surface area contributed by atoms with Crippen molar-refractivity contribution in [3.05, 3.63) is 21.9 Å². The molecule has 0 spiro atoms. The van der Waals surface area contributed by atoms with E-state index in [1.807, 2.05) is 6.92 Å². The number of nitrogens with one attached hydrogen (secondary N) is 2. The Balaban J connectivity index is 2.44. The van der Waals surface area contributed by atoms with Crippen LogP contribution in [-0.4, -0.2) is 31.6 Å². The van der Waals surface area contributed by atoms with Crippen molar-refractivity contribution in [2.75, 3.05) is 13.7 Å². The van der Waals surface area contributed by atoms with E-state index in [2.05, 4.69) is 26.1 Å². The van der Waals surface area contributed by atoms with Crippen LogP contribution in [0.1, 0.15) is 18.1 Å². The lowest BCUT2D eigenvalue weighted by Gasteiger charge is -2.16. The highest BCUT2D eigenvalue weighted by Crippen LogP contribution is 2.12. The van der Waals surface area contributed by atoms with E-state index >= 15 is 0 Å². The predicted molar refractivity (Wildman–Crippen MR) is 70.4 cm³/mol. The maximum absolute atomic E-state index is 11.4. The predicted octanol–water partition coefficient (Wildman–Crippen LogP) is 0.824. The Bertz CT molecular complexity index is 417. The van der Waals surface area contributed by atoms with E-state index in [-0.39, 0.29) is 5.91 Å². The number of esters is 1. The fourth-order valence-electron chi connectivity index (χ4n) is 1.50. The molecule has 2 N–H and O–H groups in total. The number of methoxy groups -OCH3 is 1. The van der Waals surface area contributed by atoms with Gasteiger partial charge in [-0.05, 0) is 28.8 Å². The summed E-state index contributed by atoms with van der Waals surface area (Å²) in [5, 5.41) is 9.83. The van der Waals surface area contributed by atoms with Gasteiger partial charge < -0.3 is 15.4 Å². The lowest BCUT2D eigenvalue weighted by atomic mass is 10.2. The SMILES string of the molecule is COC(=O)C(CNCc1cscc1C)NC(C)=O. The Morgan fingerprint density at radius 3 is 2.67 bits per heavy atom. The topological polar surface area (TPSA) is 67.4 Å². The molecule has 0 saturated heterocycles. The molecule has 0 aromatic carbocycles. The molecule has 0 aliphatic heterocycles. The van der Waals surface area contributed by atoms with Crippen LogP contribution in [0.3, 0.4) is 0 Å². The highest BCUT2D eigenvalue weighted by molar-refractivity contribution is 7.08. The largest absolute Gasteiger partial charge is 0.467 e. The molecule has 1 amide bonds. The second kappa shape index (κ2) is 7.13. The lowest BCUT2D eigenvalue weighted by molar-refractivity contribution is -0.144. The summed E-state index contributed by atoms with van der Waals surface area (Å²) in [6.45, 7) is 4.43. The number of carbonyl (C=O) groups excluding carboxylic acids is 2. The maximum Gasteiger partial charge on any atom is 0.329 e. The molecule has 0 aliphatic rings. The highest BCUT2D eigenvalue weighted by atomic mass is 32.1. The molecule has 0 bridgehead atoms. The van der Waals surface area contributed by atoms with Gasteiger partial charge in [0.1, 0.15) is 6.04 Å². The van der Waals surface area contributed by atoms with E-state index in [9.17, 15) is 9.59 Å². The maximum atomic E-state index is 11.4. The van der Waals surface area contributed by atoms with Crippen LogP contribution in [0, 0.1) is 6.92 Å². The van der Waals surface area contributed by atoms with Crippen LogP contribution in [0.25, 0.3) is 0 Å². The van der Waals surface area contributed by atoms with Crippen molar-refractivity contribution in [3.8, 4) is 0 Å². The molecule has 100 valence electrons. The van der Waals surface area contributed by atoms with Crippen LogP contribution >= 0.6 is 11.3 Å². The quantitative estimate of drug-likeness (QED) is 0.751. The second-order valence-corrected chi connectivity index (χ2v) is 4.73. The summed E-state index contributed by atoms with van der Waals surface area (Å²) in [5.74, 6) is -0.696. The minimum atomic E-state index is -0.647. The molecular weight excluding hydrogens is 252 g/mol. The summed E-state index contributed by atoms with van der Waals surface area (Å²) < 4.78 is 4.63. The van der Waals surface area contributed by atoms with Crippen molar-refractivity contribution < 1.29 is 14.3 Å². The summed E-state index contributed by atoms with van der Waals surface area (Å²) in [6.07, 6.45) is 0. The fourth-order valence-corrected chi connectivity index (χ4v) is 2.36. The fraction of sp³-hybridized carbons (Fsp3) is 0.500. The average Bonchev–Trinajstić information content (AvgIpc) is 2.72. The first-order valence-electron chi connectivity index (χ1n) is 5.62. The first-order chi connectivity index (χ1) is 8.54. The molecule has 0 radical (unpaired) electrons. The van der Waals surface area contributed by atoms with E-state index in [0.29, 0.717) is 13.1 Å². The van der Waals surface area contributed by atoms with Gasteiger partial charge in [-0.3, -0.25) is 4.79 Å². The molecule has 1 heterocycles. The molecule has 1 unspecified atom stereocenters. The second-order valence-electron chi connectivity index (χ2n) is 3.99. The number of hydrogen-bond acceptors (Lipinski definition) is 5. The normalized spacial score (nSPS) is 11.9. The third-order valence-corrected chi connectivity index (χ3v) is 3.40. The minimum absolute atomic E-state index is 0.251. The zero-order valence-electron chi connectivity index (χ0n) is 10.8. The van der Waals surface area contributed by atoms with Crippen molar-refractivity contribution in [2.24, 2.45) is 0 Å². The van der Waals surface area contributed by atoms with Crippen LogP contribution in [0.5, 0.6) is 0 Å². The van der Waals surface area contributed by atoms with Crippen LogP contribution < -0.4 is 10.6 Å². The van der Waals surface area contributed by atoms with Crippen LogP contribution in [0.15, 0.2) is 10.8 Å². The summed E-state index contributed by atoms with van der Waals surface area (Å²) >= 11 is 1.65. The molecule has 1 rings (SSSR count). The Morgan fingerprint density at radius 1 is 1.44 bits per heavy atom. The third-order valence-electron chi connectivity index (χ3n) is 2.49. The highest BCUT2D eigenvalue weighted by Gasteiger charge is 2.19. The zero-order chi connectivity index (χ0) is 13.5. The molecule has 1 aromatic rings. The van der Waals surface area contributed by atoms with E-state index < -0.39 is 12.0 Å². The van der Waals surface area contributed by atoms with Gasteiger partial charge >= 0.3 is 5.97 Å². The van der Waals surface area contributed by atoms with Crippen molar-refractivity contribution in [3.63, 3.8) is 0 Å². The summed E-state index contributed by atoms with van der Waals surface area (Å²) in [4.78, 5) is 22.4. The van der Waals surface area contributed by atoms with Gasteiger partial charge in [-0.1, -0.05) is 0 Å². The van der Waals surface area contributed by atoms with E-state index in [4.69, 9.17) is 0 Å². The van der Waals surface area contributed by atoms with Gasteiger partial charge in [-0.15, -0.1) is 0 Å². The van der Waals surface area contributed by atoms with Crippen molar-refractivity contribution in [1.82, 2.24) is 10.6 Å². The van der Waals surface area contributed by atoms with E-state index in [1.165, 1.54) is 25.2 Å². The van der Waals surface area contributed by atoms with Crippen molar-refractivity contribution in [2.45, 2.75) is 26.4 Å². The van der Waals surface area contributed by atoms with Crippen molar-refractivity contribution >= 4 is 23.2 Å². The Hall–Kier alpha value is -1.40. The molecule has 6 heteroatoms. The van der Waals surface area contributed by atoms with E-state index in [1.54, 1.807) is 11.3 Å². The number of thiophene rings is 1. The summed E-state index contributed by atoms with van der Waals surface area (Å²) in [7, 11) is 1.31. The summed E-state index contributed by atoms with van der Waals surface area (Å²) in [6, 6.07) is -0.647. The molecule has 0 aliphatic carbocycles.